The van der Waals surface area contributed by atoms with Crippen molar-refractivity contribution in [2.24, 2.45) is 0 Å². The Kier molecular flexibility index (Phi) is 4.04. The topological polar surface area (TPSA) is 50.2 Å². The normalized spacial score (nSPS) is 11.9. The molecule has 2 aromatic carbocycles. The molecule has 2 heterocycles. The summed E-state index contributed by atoms with van der Waals surface area (Å²) in [6.45, 7) is 0. The van der Waals surface area contributed by atoms with Gasteiger partial charge in [0.15, 0.2) is 5.69 Å². The Labute approximate surface area is 155 Å². The molecule has 1 N–H and O–H groups in total. The van der Waals surface area contributed by atoms with Gasteiger partial charge in [0.25, 0.3) is 5.56 Å². The standard InChI is InChI=1S/C19H11ClF3N3O/c20-13-8-6-11(7-9-13)14-10-15(27)26-18(24-14)16(12-4-2-1-3-5-12)17(25-26)19(21,22)23/h1-10,24H. The van der Waals surface area contributed by atoms with Crippen LogP contribution in [0.2, 0.25) is 5.02 Å². The van der Waals surface area contributed by atoms with E-state index in [9.17, 15) is 18.0 Å². The van der Waals surface area contributed by atoms with E-state index >= 15 is 0 Å². The van der Waals surface area contributed by atoms with Crippen molar-refractivity contribution in [3.8, 4) is 22.4 Å². The van der Waals surface area contributed by atoms with E-state index < -0.39 is 17.4 Å². The number of nitrogens with one attached hydrogen (secondary N) is 1. The third-order valence-electron chi connectivity index (χ3n) is 4.10. The van der Waals surface area contributed by atoms with Gasteiger partial charge >= 0.3 is 6.18 Å². The molecule has 0 aliphatic rings. The highest BCUT2D eigenvalue weighted by Crippen LogP contribution is 2.38. The predicted octanol–water partition coefficient (Wildman–Crippen LogP) is 5.03. The van der Waals surface area contributed by atoms with Gasteiger partial charge in [0, 0.05) is 11.1 Å². The second kappa shape index (κ2) is 6.28. The minimum atomic E-state index is -4.71. The number of nitrogens with zero attached hydrogens (tertiary/aromatic N) is 2. The average Bonchev–Trinajstić information content (AvgIpc) is 3.03. The van der Waals surface area contributed by atoms with Crippen LogP contribution in [0.5, 0.6) is 0 Å². The van der Waals surface area contributed by atoms with Crippen LogP contribution in [-0.4, -0.2) is 14.6 Å². The summed E-state index contributed by atoms with van der Waals surface area (Å²) >= 11 is 5.87. The lowest BCUT2D eigenvalue weighted by Crippen LogP contribution is -2.15. The zero-order valence-electron chi connectivity index (χ0n) is 13.6. The van der Waals surface area contributed by atoms with Crippen molar-refractivity contribution in [2.75, 3.05) is 0 Å². The fourth-order valence-corrected chi connectivity index (χ4v) is 3.03. The number of hydrogen-bond acceptors (Lipinski definition) is 2. The monoisotopic (exact) mass is 389 g/mol. The summed E-state index contributed by atoms with van der Waals surface area (Å²) in [5.41, 5.74) is -0.676. The third-order valence-corrected chi connectivity index (χ3v) is 4.35. The zero-order chi connectivity index (χ0) is 19.2. The van der Waals surface area contributed by atoms with Crippen LogP contribution < -0.4 is 5.56 Å². The number of halogens is 4. The van der Waals surface area contributed by atoms with Gasteiger partial charge in [-0.2, -0.15) is 22.8 Å². The van der Waals surface area contributed by atoms with Gasteiger partial charge in [-0.1, -0.05) is 54.1 Å². The summed E-state index contributed by atoms with van der Waals surface area (Å²) in [6.07, 6.45) is -4.71. The Morgan fingerprint density at radius 3 is 2.26 bits per heavy atom. The number of benzene rings is 2. The maximum atomic E-state index is 13.6. The minimum Gasteiger partial charge on any atom is -0.339 e. The van der Waals surface area contributed by atoms with Crippen LogP contribution in [-0.2, 0) is 6.18 Å². The smallest absolute Gasteiger partial charge is 0.339 e. The molecule has 0 aliphatic carbocycles. The summed E-state index contributed by atoms with van der Waals surface area (Å²) in [4.78, 5) is 15.4. The molecular weight excluding hydrogens is 379 g/mol. The van der Waals surface area contributed by atoms with E-state index in [4.69, 9.17) is 11.6 Å². The molecule has 0 saturated carbocycles. The molecule has 0 fully saturated rings. The first-order valence-corrected chi connectivity index (χ1v) is 8.27. The van der Waals surface area contributed by atoms with Gasteiger partial charge in [-0.05, 0) is 23.3 Å². The Balaban J connectivity index is 2.06. The lowest BCUT2D eigenvalue weighted by Gasteiger charge is -2.07. The number of H-pyrrole nitrogens is 1. The molecule has 0 spiro atoms. The van der Waals surface area contributed by atoms with Crippen LogP contribution in [0.15, 0.2) is 65.5 Å². The molecule has 4 aromatic rings. The van der Waals surface area contributed by atoms with E-state index in [0.717, 1.165) is 4.52 Å². The Morgan fingerprint density at radius 1 is 0.963 bits per heavy atom. The van der Waals surface area contributed by atoms with Crippen molar-refractivity contribution in [1.82, 2.24) is 14.6 Å². The maximum absolute atomic E-state index is 13.6. The molecule has 0 aliphatic heterocycles. The number of alkyl halides is 3. The fraction of sp³-hybridized carbons (Fsp3) is 0.0526. The van der Waals surface area contributed by atoms with E-state index in [0.29, 0.717) is 21.8 Å². The van der Waals surface area contributed by atoms with Gasteiger partial charge in [0.1, 0.15) is 5.65 Å². The predicted molar refractivity (Wildman–Crippen MR) is 96.7 cm³/mol. The highest BCUT2D eigenvalue weighted by Gasteiger charge is 2.39. The quantitative estimate of drug-likeness (QED) is 0.523. The van der Waals surface area contributed by atoms with Crippen LogP contribution in [0, 0.1) is 0 Å². The van der Waals surface area contributed by atoms with E-state index in [1.807, 2.05) is 0 Å². The zero-order valence-corrected chi connectivity index (χ0v) is 14.3. The van der Waals surface area contributed by atoms with Gasteiger partial charge in [0.2, 0.25) is 0 Å². The lowest BCUT2D eigenvalue weighted by molar-refractivity contribution is -0.140. The molecule has 0 unspecified atom stereocenters. The molecule has 27 heavy (non-hydrogen) atoms. The molecule has 4 rings (SSSR count). The number of aromatic amines is 1. The van der Waals surface area contributed by atoms with Crippen LogP contribution in [0.3, 0.4) is 0 Å². The molecule has 2 aromatic heterocycles. The average molecular weight is 390 g/mol. The van der Waals surface area contributed by atoms with Crippen molar-refractivity contribution in [3.05, 3.63) is 81.7 Å². The van der Waals surface area contributed by atoms with E-state index in [2.05, 4.69) is 10.1 Å². The van der Waals surface area contributed by atoms with Crippen molar-refractivity contribution < 1.29 is 13.2 Å². The van der Waals surface area contributed by atoms with Crippen molar-refractivity contribution in [2.45, 2.75) is 6.18 Å². The Bertz CT molecular complexity index is 1180. The summed E-state index contributed by atoms with van der Waals surface area (Å²) in [7, 11) is 0. The maximum Gasteiger partial charge on any atom is 0.435 e. The SMILES string of the molecule is O=c1cc(-c2ccc(Cl)cc2)[nH]c2c(-c3ccccc3)c(C(F)(F)F)nn12. The largest absolute Gasteiger partial charge is 0.435 e. The van der Waals surface area contributed by atoms with Gasteiger partial charge in [0.05, 0.1) is 11.3 Å². The summed E-state index contributed by atoms with van der Waals surface area (Å²) in [5.74, 6) is 0. The number of rotatable bonds is 2. The van der Waals surface area contributed by atoms with Crippen LogP contribution in [0.25, 0.3) is 28.0 Å². The molecule has 136 valence electrons. The molecule has 0 saturated heterocycles. The van der Waals surface area contributed by atoms with Crippen LogP contribution in [0.1, 0.15) is 5.69 Å². The van der Waals surface area contributed by atoms with Gasteiger partial charge in [-0.25, -0.2) is 0 Å². The Hall–Kier alpha value is -3.06. The summed E-state index contributed by atoms with van der Waals surface area (Å²) in [6, 6.07) is 15.9. The van der Waals surface area contributed by atoms with Crippen LogP contribution >= 0.6 is 11.6 Å². The number of aromatic nitrogens is 3. The van der Waals surface area contributed by atoms with Crippen molar-refractivity contribution in [1.29, 1.82) is 0 Å². The molecule has 4 nitrogen and oxygen atoms in total. The molecule has 8 heteroatoms. The second-order valence-electron chi connectivity index (χ2n) is 5.88. The third kappa shape index (κ3) is 3.10. The highest BCUT2D eigenvalue weighted by molar-refractivity contribution is 6.30. The van der Waals surface area contributed by atoms with E-state index in [-0.39, 0.29) is 11.2 Å². The lowest BCUT2D eigenvalue weighted by atomic mass is 10.1. The fourth-order valence-electron chi connectivity index (χ4n) is 2.90. The van der Waals surface area contributed by atoms with Gasteiger partial charge < -0.3 is 4.98 Å². The molecule has 0 amide bonds. The van der Waals surface area contributed by atoms with Crippen LogP contribution in [0.4, 0.5) is 13.2 Å². The molecule has 0 bridgehead atoms. The molecule has 0 atom stereocenters. The van der Waals surface area contributed by atoms with Gasteiger partial charge in [-0.15, -0.1) is 0 Å². The summed E-state index contributed by atoms with van der Waals surface area (Å²) < 4.78 is 41.4. The Morgan fingerprint density at radius 2 is 1.63 bits per heavy atom. The van der Waals surface area contributed by atoms with Crippen molar-refractivity contribution in [3.63, 3.8) is 0 Å². The molecule has 0 radical (unpaired) electrons. The molecular formula is C19H11ClF3N3O. The van der Waals surface area contributed by atoms with E-state index in [1.54, 1.807) is 54.6 Å². The van der Waals surface area contributed by atoms with E-state index in [1.165, 1.54) is 6.07 Å². The summed E-state index contributed by atoms with van der Waals surface area (Å²) in [5, 5.41) is 4.05. The van der Waals surface area contributed by atoms with Crippen molar-refractivity contribution >= 4 is 17.2 Å². The highest BCUT2D eigenvalue weighted by atomic mass is 35.5. The first-order chi connectivity index (χ1) is 12.8. The minimum absolute atomic E-state index is 0.0222. The van der Waals surface area contributed by atoms with Gasteiger partial charge in [-0.3, -0.25) is 4.79 Å². The second-order valence-corrected chi connectivity index (χ2v) is 6.31. The first-order valence-electron chi connectivity index (χ1n) is 7.89. The first kappa shape index (κ1) is 17.4. The number of hydrogen-bond donors (Lipinski definition) is 1. The number of fused-ring (bicyclic) bond motifs is 1.